The number of nitrogens with zero attached hydrogens (tertiary/aromatic N) is 3. The first-order valence-corrected chi connectivity index (χ1v) is 9.12. The van der Waals surface area contributed by atoms with Gasteiger partial charge in [-0.15, -0.1) is 0 Å². The third kappa shape index (κ3) is 5.07. The summed E-state index contributed by atoms with van der Waals surface area (Å²) in [7, 11) is 1.64. The Morgan fingerprint density at radius 2 is 1.92 bits per heavy atom. The molecule has 0 aliphatic carbocycles. The number of carbonyl (C=O) groups excluding carboxylic acids is 2. The molecule has 2 atom stereocenters. The Morgan fingerprint density at radius 1 is 1.24 bits per heavy atom. The van der Waals surface area contributed by atoms with Gasteiger partial charge in [-0.2, -0.15) is 0 Å². The quantitative estimate of drug-likeness (QED) is 0.763. The Bertz CT molecular complexity index is 489. The summed E-state index contributed by atoms with van der Waals surface area (Å²) in [5.74, 6) is 0.441. The van der Waals surface area contributed by atoms with E-state index in [-0.39, 0.29) is 24.1 Å². The van der Waals surface area contributed by atoms with Gasteiger partial charge in [-0.3, -0.25) is 9.69 Å². The molecule has 0 saturated carbocycles. The predicted octanol–water partition coefficient (Wildman–Crippen LogP) is 1.42. The summed E-state index contributed by atoms with van der Waals surface area (Å²) in [5, 5.41) is 0. The average molecular weight is 355 g/mol. The number of methoxy groups -OCH3 is 1. The molecule has 0 bridgehead atoms. The Balaban J connectivity index is 2.11. The Morgan fingerprint density at radius 3 is 2.48 bits per heavy atom. The van der Waals surface area contributed by atoms with Crippen molar-refractivity contribution < 1.29 is 19.1 Å². The van der Waals surface area contributed by atoms with Crippen molar-refractivity contribution in [2.75, 3.05) is 46.4 Å². The van der Waals surface area contributed by atoms with Gasteiger partial charge in [-0.05, 0) is 26.7 Å². The lowest BCUT2D eigenvalue weighted by Gasteiger charge is -2.51. The molecule has 2 rings (SSSR count). The molecule has 0 aromatic heterocycles. The van der Waals surface area contributed by atoms with Crippen LogP contribution in [-0.2, 0) is 14.3 Å². The van der Waals surface area contributed by atoms with E-state index in [0.717, 1.165) is 0 Å². The zero-order valence-electron chi connectivity index (χ0n) is 16.4. The fourth-order valence-electron chi connectivity index (χ4n) is 3.48. The number of rotatable bonds is 4. The summed E-state index contributed by atoms with van der Waals surface area (Å²) in [4.78, 5) is 31.0. The summed E-state index contributed by atoms with van der Waals surface area (Å²) in [6, 6.07) is 0.210. The molecule has 2 fully saturated rings. The second-order valence-corrected chi connectivity index (χ2v) is 8.36. The van der Waals surface area contributed by atoms with Gasteiger partial charge in [-0.1, -0.05) is 13.8 Å². The van der Waals surface area contributed by atoms with Crippen LogP contribution >= 0.6 is 0 Å². The van der Waals surface area contributed by atoms with E-state index < -0.39 is 5.60 Å². The number of ether oxygens (including phenoxy) is 2. The average Bonchev–Trinajstić information content (AvgIpc) is 2.49. The van der Waals surface area contributed by atoms with Crippen LogP contribution in [0.5, 0.6) is 0 Å². The topological polar surface area (TPSA) is 62.3 Å². The molecule has 25 heavy (non-hydrogen) atoms. The number of fused-ring (bicyclic) bond motifs is 1. The minimum absolute atomic E-state index is 0.0597. The standard InChI is InChI=1S/C18H33N3O4/c1-13(2)15-11-20-12-16(22)19(7-8-24-6)9-14(20)10-21(15)17(23)25-18(3,4)5/h13-15H,7-12H2,1-6H3/t14-,15+/m0/s1. The van der Waals surface area contributed by atoms with Crippen LogP contribution in [0.1, 0.15) is 34.6 Å². The van der Waals surface area contributed by atoms with E-state index >= 15 is 0 Å². The molecule has 0 spiro atoms. The molecule has 2 heterocycles. The maximum atomic E-state index is 12.7. The van der Waals surface area contributed by atoms with Gasteiger partial charge in [0.1, 0.15) is 5.60 Å². The van der Waals surface area contributed by atoms with E-state index in [4.69, 9.17) is 9.47 Å². The number of piperazine rings is 2. The van der Waals surface area contributed by atoms with Crippen molar-refractivity contribution in [1.82, 2.24) is 14.7 Å². The van der Waals surface area contributed by atoms with Crippen molar-refractivity contribution in [3.8, 4) is 0 Å². The van der Waals surface area contributed by atoms with E-state index in [1.54, 1.807) is 7.11 Å². The second kappa shape index (κ2) is 7.91. The number of amides is 2. The van der Waals surface area contributed by atoms with E-state index in [2.05, 4.69) is 18.7 Å². The molecule has 2 aliphatic rings. The first kappa shape index (κ1) is 20.0. The second-order valence-electron chi connectivity index (χ2n) is 8.36. The monoisotopic (exact) mass is 355 g/mol. The summed E-state index contributed by atoms with van der Waals surface area (Å²) in [5.41, 5.74) is -0.511. The van der Waals surface area contributed by atoms with Crippen LogP contribution in [0.15, 0.2) is 0 Å². The van der Waals surface area contributed by atoms with Crippen molar-refractivity contribution >= 4 is 12.0 Å². The van der Waals surface area contributed by atoms with Gasteiger partial charge in [0.15, 0.2) is 0 Å². The van der Waals surface area contributed by atoms with Crippen molar-refractivity contribution in [1.29, 1.82) is 0 Å². The lowest BCUT2D eigenvalue weighted by Crippen LogP contribution is -2.68. The SMILES string of the molecule is COCCN1C[C@H]2CN(C(=O)OC(C)(C)C)[C@@H](C(C)C)CN2CC1=O. The van der Waals surface area contributed by atoms with E-state index in [9.17, 15) is 9.59 Å². The molecule has 0 unspecified atom stereocenters. The predicted molar refractivity (Wildman–Crippen MR) is 95.4 cm³/mol. The number of hydrogen-bond donors (Lipinski definition) is 0. The smallest absolute Gasteiger partial charge is 0.410 e. The number of carbonyl (C=O) groups is 2. The molecular formula is C18H33N3O4. The maximum Gasteiger partial charge on any atom is 0.410 e. The zero-order valence-corrected chi connectivity index (χ0v) is 16.4. The maximum absolute atomic E-state index is 12.7. The first-order chi connectivity index (χ1) is 11.6. The van der Waals surface area contributed by atoms with E-state index in [0.29, 0.717) is 45.2 Å². The first-order valence-electron chi connectivity index (χ1n) is 9.12. The van der Waals surface area contributed by atoms with Gasteiger partial charge in [0.2, 0.25) is 5.91 Å². The molecule has 0 aromatic carbocycles. The lowest BCUT2D eigenvalue weighted by molar-refractivity contribution is -0.142. The highest BCUT2D eigenvalue weighted by atomic mass is 16.6. The van der Waals surface area contributed by atoms with Crippen molar-refractivity contribution in [3.05, 3.63) is 0 Å². The van der Waals surface area contributed by atoms with Crippen LogP contribution in [0.4, 0.5) is 4.79 Å². The summed E-state index contributed by atoms with van der Waals surface area (Å²) < 4.78 is 10.7. The Labute approximate surface area is 151 Å². The van der Waals surface area contributed by atoms with Crippen LogP contribution < -0.4 is 0 Å². The molecule has 0 N–H and O–H groups in total. The summed E-state index contributed by atoms with van der Waals surface area (Å²) >= 11 is 0. The Hall–Kier alpha value is -1.34. The molecule has 0 aromatic rings. The van der Waals surface area contributed by atoms with Crippen LogP contribution in [0.2, 0.25) is 0 Å². The van der Waals surface area contributed by atoms with Crippen molar-refractivity contribution in [2.24, 2.45) is 5.92 Å². The third-order valence-electron chi connectivity index (χ3n) is 4.83. The molecule has 2 saturated heterocycles. The minimum atomic E-state index is -0.511. The summed E-state index contributed by atoms with van der Waals surface area (Å²) in [6.45, 7) is 13.4. The molecule has 7 nitrogen and oxygen atoms in total. The van der Waals surface area contributed by atoms with Crippen LogP contribution in [0.3, 0.4) is 0 Å². The highest BCUT2D eigenvalue weighted by Gasteiger charge is 2.43. The fourth-order valence-corrected chi connectivity index (χ4v) is 3.48. The van der Waals surface area contributed by atoms with Crippen LogP contribution in [0, 0.1) is 5.92 Å². The lowest BCUT2D eigenvalue weighted by atomic mass is 9.95. The minimum Gasteiger partial charge on any atom is -0.444 e. The van der Waals surface area contributed by atoms with Gasteiger partial charge >= 0.3 is 6.09 Å². The van der Waals surface area contributed by atoms with E-state index in [1.807, 2.05) is 30.6 Å². The molecule has 2 amide bonds. The normalized spacial score (nSPS) is 25.3. The van der Waals surface area contributed by atoms with Crippen LogP contribution in [-0.4, -0.2) is 90.8 Å². The largest absolute Gasteiger partial charge is 0.444 e. The number of hydrogen-bond acceptors (Lipinski definition) is 5. The highest BCUT2D eigenvalue weighted by Crippen LogP contribution is 2.26. The van der Waals surface area contributed by atoms with Gasteiger partial charge < -0.3 is 19.3 Å². The van der Waals surface area contributed by atoms with Gasteiger partial charge in [-0.25, -0.2) is 4.79 Å². The molecule has 2 aliphatic heterocycles. The fraction of sp³-hybridized carbons (Fsp3) is 0.889. The summed E-state index contributed by atoms with van der Waals surface area (Å²) in [6.07, 6.45) is -0.258. The van der Waals surface area contributed by atoms with E-state index in [1.165, 1.54) is 0 Å². The van der Waals surface area contributed by atoms with Crippen molar-refractivity contribution in [3.63, 3.8) is 0 Å². The van der Waals surface area contributed by atoms with Crippen molar-refractivity contribution in [2.45, 2.75) is 52.3 Å². The van der Waals surface area contributed by atoms with Gasteiger partial charge in [0.25, 0.3) is 0 Å². The molecule has 7 heteroatoms. The zero-order chi connectivity index (χ0) is 18.8. The molecular weight excluding hydrogens is 322 g/mol. The van der Waals surface area contributed by atoms with Gasteiger partial charge in [0.05, 0.1) is 19.2 Å². The highest BCUT2D eigenvalue weighted by molar-refractivity contribution is 5.79. The van der Waals surface area contributed by atoms with Crippen LogP contribution in [0.25, 0.3) is 0 Å². The third-order valence-corrected chi connectivity index (χ3v) is 4.83. The molecule has 144 valence electrons. The molecule has 0 radical (unpaired) electrons. The van der Waals surface area contributed by atoms with Gasteiger partial charge in [0, 0.05) is 39.3 Å². The Kier molecular flexibility index (Phi) is 6.32.